The molecule has 3 rings (SSSR count). The van der Waals surface area contributed by atoms with Gasteiger partial charge in [0.25, 0.3) is 0 Å². The van der Waals surface area contributed by atoms with E-state index in [-0.39, 0.29) is 18.1 Å². The number of nitrogens with two attached hydrogens (primary N) is 1. The highest BCUT2D eigenvalue weighted by molar-refractivity contribution is 5.97. The van der Waals surface area contributed by atoms with Crippen LogP contribution in [-0.4, -0.2) is 47.8 Å². The molecule has 0 atom stereocenters. The van der Waals surface area contributed by atoms with Crippen LogP contribution in [0.4, 0.5) is 4.79 Å². The quantitative estimate of drug-likeness (QED) is 0.319. The van der Waals surface area contributed by atoms with Gasteiger partial charge in [-0.1, -0.05) is 13.8 Å². The Morgan fingerprint density at radius 2 is 2.06 bits per heavy atom. The number of nitrogens with one attached hydrogen (secondary N) is 4. The number of amides is 1. The van der Waals surface area contributed by atoms with Gasteiger partial charge in [0.2, 0.25) is 0 Å². The second kappa shape index (κ2) is 9.33. The topological polar surface area (TPSA) is 128 Å². The summed E-state index contributed by atoms with van der Waals surface area (Å²) in [5.41, 5.74) is 9.07. The number of allylic oxidation sites excluding steroid dienone is 4. The fourth-order valence-corrected chi connectivity index (χ4v) is 3.24. The summed E-state index contributed by atoms with van der Waals surface area (Å²) in [7, 11) is 0. The largest absolute Gasteiger partial charge is 0.444 e. The fraction of sp³-hybridized carbons (Fsp3) is 0.435. The lowest BCUT2D eigenvalue weighted by atomic mass is 10.0. The molecule has 1 fully saturated rings. The van der Waals surface area contributed by atoms with Crippen LogP contribution in [0, 0.1) is 11.3 Å². The van der Waals surface area contributed by atoms with Crippen molar-refractivity contribution in [2.45, 2.75) is 46.3 Å². The Morgan fingerprint density at radius 3 is 2.69 bits per heavy atom. The Hall–Kier alpha value is -3.49. The van der Waals surface area contributed by atoms with Crippen molar-refractivity contribution in [2.24, 2.45) is 16.6 Å². The minimum atomic E-state index is -0.492. The highest BCUT2D eigenvalue weighted by Crippen LogP contribution is 2.21. The van der Waals surface area contributed by atoms with Crippen molar-refractivity contribution < 1.29 is 9.53 Å². The van der Waals surface area contributed by atoms with Crippen LogP contribution in [0.3, 0.4) is 0 Å². The van der Waals surface area contributed by atoms with Crippen LogP contribution in [0.1, 0.15) is 34.6 Å². The molecule has 3 aliphatic rings. The van der Waals surface area contributed by atoms with Gasteiger partial charge in [0.15, 0.2) is 0 Å². The van der Waals surface area contributed by atoms with E-state index in [0.29, 0.717) is 24.7 Å². The Balaban J connectivity index is 1.57. The van der Waals surface area contributed by atoms with Gasteiger partial charge < -0.3 is 36.7 Å². The molecule has 0 spiro atoms. The van der Waals surface area contributed by atoms with Crippen LogP contribution in [0.15, 0.2) is 64.0 Å². The number of likely N-dealkylation sites (tertiary alicyclic amines) is 1. The third-order valence-corrected chi connectivity index (χ3v) is 4.95. The summed E-state index contributed by atoms with van der Waals surface area (Å²) in [5, 5.41) is 17.4. The molecule has 0 aromatic rings. The molecule has 9 heteroatoms. The number of ether oxygens (including phenoxy) is 1. The van der Waals surface area contributed by atoms with E-state index in [1.165, 1.54) is 6.21 Å². The first-order valence-electron chi connectivity index (χ1n) is 10.7. The van der Waals surface area contributed by atoms with Gasteiger partial charge in [-0.15, -0.1) is 0 Å². The molecule has 0 radical (unpaired) electrons. The molecule has 172 valence electrons. The van der Waals surface area contributed by atoms with Crippen LogP contribution in [0.25, 0.3) is 0 Å². The molecule has 32 heavy (non-hydrogen) atoms. The maximum absolute atomic E-state index is 12.1. The van der Waals surface area contributed by atoms with Crippen LogP contribution >= 0.6 is 0 Å². The molecule has 1 saturated heterocycles. The molecule has 0 saturated carbocycles. The Bertz CT molecular complexity index is 955. The number of dihydropyridines is 2. The van der Waals surface area contributed by atoms with Crippen molar-refractivity contribution >= 4 is 18.1 Å². The van der Waals surface area contributed by atoms with Gasteiger partial charge in [0.1, 0.15) is 17.3 Å². The lowest BCUT2D eigenvalue weighted by molar-refractivity contribution is 0.00635. The summed E-state index contributed by atoms with van der Waals surface area (Å²) in [4.78, 5) is 18.2. The zero-order valence-electron chi connectivity index (χ0n) is 19.3. The second-order valence-electron chi connectivity index (χ2n) is 9.27. The Kier molecular flexibility index (Phi) is 6.76. The van der Waals surface area contributed by atoms with E-state index in [1.807, 2.05) is 59.0 Å². The SMILES string of the molecule is CC(C)C(C=N)=CC(N)=NC1=CC=C2NC=C(NC3CN(C(=O)OC(C)(C)C)C3)C=C2N1. The van der Waals surface area contributed by atoms with Gasteiger partial charge in [-0.05, 0) is 56.6 Å². The first kappa shape index (κ1) is 23.2. The molecule has 1 amide bonds. The zero-order chi connectivity index (χ0) is 23.5. The Morgan fingerprint density at radius 1 is 1.34 bits per heavy atom. The number of hydrogen-bond acceptors (Lipinski definition) is 7. The van der Waals surface area contributed by atoms with Crippen molar-refractivity contribution in [3.8, 4) is 0 Å². The lowest BCUT2D eigenvalue weighted by Crippen LogP contribution is -2.60. The second-order valence-corrected chi connectivity index (χ2v) is 9.27. The number of carbonyl (C=O) groups excluding carboxylic acids is 1. The number of aliphatic imine (C=N–C) groups is 1. The standard InChI is InChI=1S/C23H33N7O2/c1-14(2)15(10-24)8-20(25)29-21-7-6-18-19(28-21)9-16(11-26-18)27-17-12-30(13-17)22(31)32-23(3,4)5/h6-11,14,17,24,26-28H,12-13H2,1-5H3,(H2,25,29). The van der Waals surface area contributed by atoms with Gasteiger partial charge >= 0.3 is 6.09 Å². The van der Waals surface area contributed by atoms with Crippen molar-refractivity contribution in [3.05, 3.63) is 59.0 Å². The number of fused-ring (bicyclic) bond motifs is 1. The summed E-state index contributed by atoms with van der Waals surface area (Å²) in [6, 6.07) is 0.158. The molecular weight excluding hydrogens is 406 g/mol. The zero-order valence-corrected chi connectivity index (χ0v) is 19.3. The van der Waals surface area contributed by atoms with Gasteiger partial charge in [0, 0.05) is 25.5 Å². The van der Waals surface area contributed by atoms with E-state index in [4.69, 9.17) is 15.9 Å². The minimum absolute atomic E-state index is 0.158. The lowest BCUT2D eigenvalue weighted by Gasteiger charge is -2.41. The van der Waals surface area contributed by atoms with Gasteiger partial charge in [-0.2, -0.15) is 0 Å². The van der Waals surface area contributed by atoms with Gasteiger partial charge in [-0.25, -0.2) is 9.79 Å². The smallest absolute Gasteiger partial charge is 0.410 e. The van der Waals surface area contributed by atoms with Crippen molar-refractivity contribution in [2.75, 3.05) is 13.1 Å². The minimum Gasteiger partial charge on any atom is -0.444 e. The third-order valence-electron chi connectivity index (χ3n) is 4.95. The summed E-state index contributed by atoms with van der Waals surface area (Å²) < 4.78 is 5.40. The highest BCUT2D eigenvalue weighted by atomic mass is 16.6. The summed E-state index contributed by atoms with van der Waals surface area (Å²) in [5.74, 6) is 1.15. The number of hydrogen-bond donors (Lipinski definition) is 5. The number of amidine groups is 1. The fourth-order valence-electron chi connectivity index (χ4n) is 3.24. The predicted octanol–water partition coefficient (Wildman–Crippen LogP) is 2.44. The first-order valence-corrected chi connectivity index (χ1v) is 10.7. The molecule has 0 bridgehead atoms. The average Bonchev–Trinajstić information content (AvgIpc) is 2.66. The highest BCUT2D eigenvalue weighted by Gasteiger charge is 2.34. The van der Waals surface area contributed by atoms with E-state index in [1.54, 1.807) is 11.0 Å². The van der Waals surface area contributed by atoms with Crippen LogP contribution in [-0.2, 0) is 4.74 Å². The third kappa shape index (κ3) is 6.03. The number of rotatable bonds is 6. The average molecular weight is 440 g/mol. The summed E-state index contributed by atoms with van der Waals surface area (Å²) >= 11 is 0. The van der Waals surface area contributed by atoms with E-state index in [9.17, 15) is 4.79 Å². The Labute approximate surface area is 189 Å². The number of carbonyl (C=O) groups is 1. The normalized spacial score (nSPS) is 19.4. The molecule has 6 N–H and O–H groups in total. The predicted molar refractivity (Wildman–Crippen MR) is 127 cm³/mol. The van der Waals surface area contributed by atoms with Gasteiger partial charge in [-0.3, -0.25) is 0 Å². The molecule has 0 aromatic carbocycles. The molecule has 0 unspecified atom stereocenters. The molecule has 3 aliphatic heterocycles. The van der Waals surface area contributed by atoms with Crippen molar-refractivity contribution in [1.29, 1.82) is 5.41 Å². The molecule has 0 aromatic heterocycles. The van der Waals surface area contributed by atoms with Crippen LogP contribution in [0.2, 0.25) is 0 Å². The van der Waals surface area contributed by atoms with E-state index in [2.05, 4.69) is 20.9 Å². The van der Waals surface area contributed by atoms with Crippen LogP contribution < -0.4 is 21.7 Å². The van der Waals surface area contributed by atoms with Crippen LogP contribution in [0.5, 0.6) is 0 Å². The summed E-state index contributed by atoms with van der Waals surface area (Å²) in [6.07, 6.45) is 10.4. The van der Waals surface area contributed by atoms with Gasteiger partial charge in [0.05, 0.1) is 23.1 Å². The molecule has 3 heterocycles. The van der Waals surface area contributed by atoms with E-state index < -0.39 is 5.60 Å². The maximum Gasteiger partial charge on any atom is 0.410 e. The van der Waals surface area contributed by atoms with Crippen molar-refractivity contribution in [3.63, 3.8) is 0 Å². The molecular formula is C23H33N7O2. The number of nitrogens with zero attached hydrogens (tertiary/aromatic N) is 2. The molecule has 9 nitrogen and oxygen atoms in total. The first-order chi connectivity index (χ1) is 15.0. The summed E-state index contributed by atoms with van der Waals surface area (Å²) in [6.45, 7) is 10.8. The van der Waals surface area contributed by atoms with Crippen molar-refractivity contribution in [1.82, 2.24) is 20.9 Å². The van der Waals surface area contributed by atoms with E-state index in [0.717, 1.165) is 22.7 Å². The van der Waals surface area contributed by atoms with E-state index >= 15 is 0 Å². The monoisotopic (exact) mass is 439 g/mol. The maximum atomic E-state index is 12.1. The molecule has 0 aliphatic carbocycles.